The summed E-state index contributed by atoms with van der Waals surface area (Å²) in [5.74, 6) is 0.561. The average Bonchev–Trinajstić information content (AvgIpc) is 2.63. The Kier molecular flexibility index (Phi) is 8.52. The van der Waals surface area contributed by atoms with Crippen LogP contribution in [0, 0.1) is 5.41 Å². The summed E-state index contributed by atoms with van der Waals surface area (Å²) in [5.41, 5.74) is 0.776. The molecule has 6 heteroatoms. The van der Waals surface area contributed by atoms with Crippen LogP contribution in [0.1, 0.15) is 61.7 Å². The fraction of sp³-hybridized carbons (Fsp3) is 0.650. The second kappa shape index (κ2) is 10.4. The Hall–Kier alpha value is -0.970. The quantitative estimate of drug-likeness (QED) is 0.668. The molecule has 1 spiro atoms. The fourth-order valence-corrected chi connectivity index (χ4v) is 4.13. The number of benzene rings is 1. The second-order valence-electron chi connectivity index (χ2n) is 7.44. The number of amides is 1. The largest absolute Gasteiger partial charge is 0.493 e. The third-order valence-electron chi connectivity index (χ3n) is 5.58. The monoisotopic (exact) mass is 400 g/mol. The molecule has 1 fully saturated rings. The van der Waals surface area contributed by atoms with Gasteiger partial charge in [-0.15, -0.1) is 12.4 Å². The van der Waals surface area contributed by atoms with Crippen LogP contribution < -0.4 is 15.4 Å². The van der Waals surface area contributed by atoms with Crippen LogP contribution in [-0.2, 0) is 0 Å². The zero-order chi connectivity index (χ0) is 17.5. The van der Waals surface area contributed by atoms with Gasteiger partial charge in [0, 0.05) is 11.6 Å². The van der Waals surface area contributed by atoms with E-state index in [4.69, 9.17) is 16.3 Å². The molecule has 0 bridgehead atoms. The Balaban J connectivity index is 0.00000243. The molecule has 0 radical (unpaired) electrons. The van der Waals surface area contributed by atoms with Gasteiger partial charge in [-0.3, -0.25) is 4.79 Å². The van der Waals surface area contributed by atoms with Crippen molar-refractivity contribution in [2.75, 3.05) is 26.2 Å². The van der Waals surface area contributed by atoms with E-state index < -0.39 is 0 Å². The van der Waals surface area contributed by atoms with Gasteiger partial charge in [0.2, 0.25) is 0 Å². The molecule has 1 aromatic rings. The molecule has 2 aliphatic heterocycles. The minimum Gasteiger partial charge on any atom is -0.493 e. The molecular weight excluding hydrogens is 371 g/mol. The van der Waals surface area contributed by atoms with Crippen LogP contribution in [0.2, 0.25) is 5.02 Å². The molecule has 2 N–H and O–H groups in total. The summed E-state index contributed by atoms with van der Waals surface area (Å²) in [5, 5.41) is 7.19. The van der Waals surface area contributed by atoms with Gasteiger partial charge in [-0.25, -0.2) is 0 Å². The van der Waals surface area contributed by atoms with Crippen molar-refractivity contribution in [3.05, 3.63) is 28.8 Å². The molecule has 146 valence electrons. The van der Waals surface area contributed by atoms with Gasteiger partial charge in [0.25, 0.3) is 5.91 Å². The molecular formula is C20H30Cl2N2O2. The van der Waals surface area contributed by atoms with E-state index in [0.29, 0.717) is 22.9 Å². The SMILES string of the molecule is Cl.O=C1NCC2(CCCCCCCOc3ccc(Cl)cc31)CCNCC2. The highest BCUT2D eigenvalue weighted by Crippen LogP contribution is 2.34. The first-order valence-corrected chi connectivity index (χ1v) is 9.98. The number of hydrogen-bond donors (Lipinski definition) is 2. The molecule has 0 unspecified atom stereocenters. The third kappa shape index (κ3) is 5.77. The van der Waals surface area contributed by atoms with Crippen molar-refractivity contribution in [3.8, 4) is 5.75 Å². The van der Waals surface area contributed by atoms with Gasteiger partial charge in [-0.1, -0.05) is 37.3 Å². The molecule has 1 amide bonds. The molecule has 2 aliphatic rings. The summed E-state index contributed by atoms with van der Waals surface area (Å²) in [6, 6.07) is 5.31. The van der Waals surface area contributed by atoms with Gasteiger partial charge < -0.3 is 15.4 Å². The van der Waals surface area contributed by atoms with Gasteiger partial charge in [-0.2, -0.15) is 0 Å². The predicted molar refractivity (Wildman–Crippen MR) is 109 cm³/mol. The Bertz CT molecular complexity index is 589. The zero-order valence-corrected chi connectivity index (χ0v) is 16.9. The highest BCUT2D eigenvalue weighted by atomic mass is 35.5. The summed E-state index contributed by atoms with van der Waals surface area (Å²) < 4.78 is 5.87. The van der Waals surface area contributed by atoms with E-state index in [-0.39, 0.29) is 23.7 Å². The smallest absolute Gasteiger partial charge is 0.255 e. The number of piperidine rings is 1. The number of carbonyl (C=O) groups excluding carboxylic acids is 1. The summed E-state index contributed by atoms with van der Waals surface area (Å²) >= 11 is 6.11. The molecule has 3 rings (SSSR count). The van der Waals surface area contributed by atoms with Gasteiger partial charge in [0.05, 0.1) is 12.2 Å². The number of nitrogens with one attached hydrogen (secondary N) is 2. The number of fused-ring (bicyclic) bond motifs is 1. The van der Waals surface area contributed by atoms with E-state index in [2.05, 4.69) is 10.6 Å². The molecule has 26 heavy (non-hydrogen) atoms. The third-order valence-corrected chi connectivity index (χ3v) is 5.82. The summed E-state index contributed by atoms with van der Waals surface area (Å²) in [6.45, 7) is 3.47. The van der Waals surface area contributed by atoms with Crippen LogP contribution in [0.5, 0.6) is 5.75 Å². The minimum absolute atomic E-state index is 0. The number of halogens is 2. The maximum absolute atomic E-state index is 12.8. The summed E-state index contributed by atoms with van der Waals surface area (Å²) in [6.07, 6.45) is 9.46. The molecule has 0 saturated carbocycles. The first-order chi connectivity index (χ1) is 12.2. The van der Waals surface area contributed by atoms with Crippen LogP contribution >= 0.6 is 24.0 Å². The van der Waals surface area contributed by atoms with Crippen molar-refractivity contribution >= 4 is 29.9 Å². The summed E-state index contributed by atoms with van der Waals surface area (Å²) in [7, 11) is 0. The van der Waals surface area contributed by atoms with Gasteiger partial charge >= 0.3 is 0 Å². The van der Waals surface area contributed by atoms with E-state index >= 15 is 0 Å². The van der Waals surface area contributed by atoms with Crippen molar-refractivity contribution in [3.63, 3.8) is 0 Å². The lowest BCUT2D eigenvalue weighted by atomic mass is 9.74. The Labute approximate surface area is 167 Å². The van der Waals surface area contributed by atoms with E-state index in [1.807, 2.05) is 6.07 Å². The maximum atomic E-state index is 12.8. The van der Waals surface area contributed by atoms with Gasteiger partial charge in [0.15, 0.2) is 0 Å². The number of rotatable bonds is 0. The second-order valence-corrected chi connectivity index (χ2v) is 7.88. The summed E-state index contributed by atoms with van der Waals surface area (Å²) in [4.78, 5) is 12.8. The van der Waals surface area contributed by atoms with Crippen molar-refractivity contribution in [2.24, 2.45) is 5.41 Å². The lowest BCUT2D eigenvalue weighted by Gasteiger charge is -2.38. The van der Waals surface area contributed by atoms with Gasteiger partial charge in [0.1, 0.15) is 5.75 Å². The van der Waals surface area contributed by atoms with E-state index in [0.717, 1.165) is 38.9 Å². The van der Waals surface area contributed by atoms with Crippen LogP contribution in [0.3, 0.4) is 0 Å². The highest BCUT2D eigenvalue weighted by molar-refractivity contribution is 6.31. The molecule has 4 nitrogen and oxygen atoms in total. The fourth-order valence-electron chi connectivity index (χ4n) is 3.96. The van der Waals surface area contributed by atoms with Gasteiger partial charge in [-0.05, 0) is 62.4 Å². The van der Waals surface area contributed by atoms with Crippen molar-refractivity contribution in [2.45, 2.75) is 51.4 Å². The number of ether oxygens (including phenoxy) is 1. The standard InChI is InChI=1S/C20H29ClN2O2.ClH/c21-16-6-7-18-17(14-16)19(24)23-15-20(9-11-22-12-10-20)8-4-2-1-3-5-13-25-18;/h6-7,14,22H,1-5,8-13,15H2,(H,23,24);1H. The Morgan fingerprint density at radius 2 is 1.73 bits per heavy atom. The van der Waals surface area contributed by atoms with Crippen molar-refractivity contribution in [1.29, 1.82) is 0 Å². The molecule has 0 aromatic heterocycles. The van der Waals surface area contributed by atoms with Crippen molar-refractivity contribution in [1.82, 2.24) is 10.6 Å². The first kappa shape index (κ1) is 21.3. The van der Waals surface area contributed by atoms with Crippen molar-refractivity contribution < 1.29 is 9.53 Å². The Morgan fingerprint density at radius 3 is 2.54 bits per heavy atom. The molecule has 0 aliphatic carbocycles. The maximum Gasteiger partial charge on any atom is 0.255 e. The molecule has 2 heterocycles. The molecule has 1 saturated heterocycles. The van der Waals surface area contributed by atoms with E-state index in [1.165, 1.54) is 32.1 Å². The molecule has 0 atom stereocenters. The number of carbonyl (C=O) groups is 1. The van der Waals surface area contributed by atoms with Crippen LogP contribution in [0.15, 0.2) is 18.2 Å². The highest BCUT2D eigenvalue weighted by Gasteiger charge is 2.32. The first-order valence-electron chi connectivity index (χ1n) is 9.60. The van der Waals surface area contributed by atoms with Crippen LogP contribution in [-0.4, -0.2) is 32.1 Å². The predicted octanol–water partition coefficient (Wildman–Crippen LogP) is 4.59. The minimum atomic E-state index is -0.0764. The topological polar surface area (TPSA) is 50.4 Å². The van der Waals surface area contributed by atoms with Crippen LogP contribution in [0.4, 0.5) is 0 Å². The lowest BCUT2D eigenvalue weighted by molar-refractivity contribution is 0.0899. The van der Waals surface area contributed by atoms with Crippen LogP contribution in [0.25, 0.3) is 0 Å². The Morgan fingerprint density at radius 1 is 1.00 bits per heavy atom. The zero-order valence-electron chi connectivity index (χ0n) is 15.3. The molecule has 1 aromatic carbocycles. The normalized spacial score (nSPS) is 21.5. The lowest BCUT2D eigenvalue weighted by Crippen LogP contribution is -2.44. The average molecular weight is 401 g/mol. The van der Waals surface area contributed by atoms with E-state index in [9.17, 15) is 4.79 Å². The van der Waals surface area contributed by atoms with E-state index in [1.54, 1.807) is 12.1 Å². The number of hydrogen-bond acceptors (Lipinski definition) is 3.